The molecular formula is C18H24FN5O4S. The second-order valence-corrected chi connectivity index (χ2v) is 8.14. The van der Waals surface area contributed by atoms with E-state index in [1.165, 1.54) is 17.8 Å². The third-order valence-electron chi connectivity index (χ3n) is 4.88. The fraction of sp³-hybridized carbons (Fsp3) is 0.611. The number of aliphatic hydroxyl groups excluding tert-OH is 2. The van der Waals surface area contributed by atoms with Crippen molar-refractivity contribution >= 4 is 16.9 Å². The highest BCUT2D eigenvalue weighted by Crippen LogP contribution is 2.34. The lowest BCUT2D eigenvalue weighted by Gasteiger charge is -2.38. The van der Waals surface area contributed by atoms with Crippen molar-refractivity contribution < 1.29 is 24.1 Å². The minimum absolute atomic E-state index is 0.171. The molecule has 1 unspecified atom stereocenters. The second-order valence-electron chi connectivity index (χ2n) is 7.05. The molecule has 158 valence electrons. The predicted molar refractivity (Wildman–Crippen MR) is 105 cm³/mol. The van der Waals surface area contributed by atoms with Gasteiger partial charge in [0.2, 0.25) is 0 Å². The summed E-state index contributed by atoms with van der Waals surface area (Å²) in [6.07, 6.45) is 3.00. The Balaban J connectivity index is 1.34. The lowest BCUT2D eigenvalue weighted by molar-refractivity contribution is -0.160. The summed E-state index contributed by atoms with van der Waals surface area (Å²) in [4.78, 5) is 4.31. The zero-order chi connectivity index (χ0) is 20.4. The van der Waals surface area contributed by atoms with Crippen LogP contribution >= 0.6 is 11.8 Å². The molecule has 9 nitrogen and oxygen atoms in total. The van der Waals surface area contributed by atoms with Crippen molar-refractivity contribution in [1.82, 2.24) is 20.3 Å². The molecule has 0 radical (unpaired) electrons. The Morgan fingerprint density at radius 1 is 1.45 bits per heavy atom. The van der Waals surface area contributed by atoms with E-state index in [4.69, 9.17) is 9.47 Å². The maximum absolute atomic E-state index is 13.3. The number of hydrogen-bond acceptors (Lipinski definition) is 8. The number of amidine groups is 1. The van der Waals surface area contributed by atoms with Gasteiger partial charge in [-0.3, -0.25) is 4.99 Å². The van der Waals surface area contributed by atoms with Crippen LogP contribution in [0, 0.1) is 0 Å². The monoisotopic (exact) mass is 425 g/mol. The number of aliphatic hydroxyl groups is 2. The topological polar surface area (TPSA) is 114 Å². The summed E-state index contributed by atoms with van der Waals surface area (Å²) in [5.41, 5.74) is 0.240. The molecule has 0 amide bonds. The summed E-state index contributed by atoms with van der Waals surface area (Å²) in [5.74, 6) is 0.560. The number of aromatic nitrogens is 3. The molecule has 6 atom stereocenters. The van der Waals surface area contributed by atoms with Crippen LogP contribution in [0.3, 0.4) is 0 Å². The number of aliphatic imine (C=N–C) groups is 1. The summed E-state index contributed by atoms with van der Waals surface area (Å²) < 4.78 is 26.4. The van der Waals surface area contributed by atoms with E-state index in [9.17, 15) is 14.6 Å². The number of nitrogens with one attached hydrogen (secondary N) is 1. The van der Waals surface area contributed by atoms with Crippen LogP contribution in [0.2, 0.25) is 0 Å². The van der Waals surface area contributed by atoms with Crippen molar-refractivity contribution in [2.75, 3.05) is 6.54 Å². The molecule has 0 saturated carbocycles. The zero-order valence-electron chi connectivity index (χ0n) is 15.9. The van der Waals surface area contributed by atoms with Crippen molar-refractivity contribution in [1.29, 1.82) is 0 Å². The quantitative estimate of drug-likeness (QED) is 0.604. The minimum Gasteiger partial charge on any atom is -0.491 e. The first-order valence-electron chi connectivity index (χ1n) is 9.56. The fourth-order valence-corrected chi connectivity index (χ4v) is 4.61. The number of fused-ring (bicyclic) bond motifs is 1. The molecule has 3 aliphatic rings. The van der Waals surface area contributed by atoms with Gasteiger partial charge in [-0.1, -0.05) is 29.1 Å². The number of nitrogens with zero attached hydrogens (tertiary/aromatic N) is 4. The van der Waals surface area contributed by atoms with E-state index < -0.39 is 30.5 Å². The summed E-state index contributed by atoms with van der Waals surface area (Å²) in [5, 5.41) is 32.8. The van der Waals surface area contributed by atoms with E-state index in [-0.39, 0.29) is 25.0 Å². The van der Waals surface area contributed by atoms with E-state index in [1.807, 2.05) is 6.92 Å². The van der Waals surface area contributed by atoms with E-state index in [2.05, 4.69) is 20.6 Å². The number of alkyl halides is 1. The van der Waals surface area contributed by atoms with Crippen LogP contribution in [-0.4, -0.2) is 72.9 Å². The van der Waals surface area contributed by atoms with Crippen LogP contribution in [-0.2, 0) is 22.6 Å². The smallest absolute Gasteiger partial charge is 0.159 e. The molecule has 4 rings (SSSR count). The average molecular weight is 425 g/mol. The molecule has 1 aliphatic carbocycles. The first-order chi connectivity index (χ1) is 14.0. The van der Waals surface area contributed by atoms with Crippen molar-refractivity contribution in [3.05, 3.63) is 35.9 Å². The van der Waals surface area contributed by atoms with Gasteiger partial charge in [-0.25, -0.2) is 9.07 Å². The van der Waals surface area contributed by atoms with Gasteiger partial charge >= 0.3 is 0 Å². The van der Waals surface area contributed by atoms with E-state index in [1.54, 1.807) is 23.0 Å². The van der Waals surface area contributed by atoms with Crippen LogP contribution in [0.15, 0.2) is 35.2 Å². The van der Waals surface area contributed by atoms with Gasteiger partial charge in [0.15, 0.2) is 5.17 Å². The summed E-state index contributed by atoms with van der Waals surface area (Å²) >= 11 is 1.41. The molecule has 0 spiro atoms. The Kier molecular flexibility index (Phi) is 6.18. The van der Waals surface area contributed by atoms with Gasteiger partial charge in [0.05, 0.1) is 24.5 Å². The molecule has 2 fully saturated rings. The van der Waals surface area contributed by atoms with E-state index in [0.29, 0.717) is 23.2 Å². The molecular weight excluding hydrogens is 401 g/mol. The first-order valence-corrected chi connectivity index (χ1v) is 10.4. The van der Waals surface area contributed by atoms with E-state index >= 15 is 0 Å². The van der Waals surface area contributed by atoms with Crippen LogP contribution in [0.1, 0.15) is 19.0 Å². The highest BCUT2D eigenvalue weighted by molar-refractivity contribution is 8.14. The Bertz CT molecular complexity index is 816. The van der Waals surface area contributed by atoms with Gasteiger partial charge in [-0.15, -0.1) is 5.10 Å². The highest BCUT2D eigenvalue weighted by Gasteiger charge is 2.49. The van der Waals surface area contributed by atoms with Crippen molar-refractivity contribution in [3.8, 4) is 0 Å². The number of ether oxygens (including phenoxy) is 2. The Hall–Kier alpha value is -1.95. The van der Waals surface area contributed by atoms with Gasteiger partial charge < -0.3 is 25.0 Å². The van der Waals surface area contributed by atoms with Crippen molar-refractivity contribution in [2.45, 2.75) is 62.5 Å². The SMILES string of the molecule is CCN=C1N[C@@H]2[C@@H](O)[C@H](O)[C@@H](Cn3cc(COC4=CC=CC(F)C4)nn3)O[C@@H]2S1. The van der Waals surface area contributed by atoms with Crippen molar-refractivity contribution in [2.24, 2.45) is 4.99 Å². The van der Waals surface area contributed by atoms with Crippen molar-refractivity contribution in [3.63, 3.8) is 0 Å². The van der Waals surface area contributed by atoms with Crippen LogP contribution < -0.4 is 5.32 Å². The molecule has 11 heteroatoms. The van der Waals surface area contributed by atoms with E-state index in [0.717, 1.165) is 0 Å². The largest absolute Gasteiger partial charge is 0.491 e. The minimum atomic E-state index is -1.07. The molecule has 3 heterocycles. The molecule has 2 saturated heterocycles. The van der Waals surface area contributed by atoms with Gasteiger partial charge in [-0.05, 0) is 13.0 Å². The maximum atomic E-state index is 13.3. The molecule has 1 aromatic rings. The Morgan fingerprint density at radius 3 is 3.10 bits per heavy atom. The molecule has 2 aliphatic heterocycles. The lowest BCUT2D eigenvalue weighted by atomic mass is 9.98. The zero-order valence-corrected chi connectivity index (χ0v) is 16.7. The summed E-state index contributed by atoms with van der Waals surface area (Å²) in [6, 6.07) is -0.409. The number of hydrogen-bond donors (Lipinski definition) is 3. The average Bonchev–Trinajstić information content (AvgIpc) is 3.31. The third-order valence-corrected chi connectivity index (χ3v) is 5.98. The third kappa shape index (κ3) is 4.63. The number of halogens is 1. The number of thioether (sulfide) groups is 1. The molecule has 29 heavy (non-hydrogen) atoms. The maximum Gasteiger partial charge on any atom is 0.159 e. The normalized spacial score (nSPS) is 35.3. The first kappa shape index (κ1) is 20.3. The summed E-state index contributed by atoms with van der Waals surface area (Å²) in [7, 11) is 0. The van der Waals surface area contributed by atoms with Gasteiger partial charge in [-0.2, -0.15) is 0 Å². The highest BCUT2D eigenvalue weighted by atomic mass is 32.2. The molecule has 0 bridgehead atoms. The number of rotatable bonds is 6. The second kappa shape index (κ2) is 8.82. The molecule has 0 aromatic carbocycles. The van der Waals surface area contributed by atoms with Crippen LogP contribution in [0.5, 0.6) is 0 Å². The van der Waals surface area contributed by atoms with Crippen LogP contribution in [0.25, 0.3) is 0 Å². The Labute approximate surface area is 171 Å². The fourth-order valence-electron chi connectivity index (χ4n) is 3.41. The summed E-state index contributed by atoms with van der Waals surface area (Å²) in [6.45, 7) is 2.95. The predicted octanol–water partition coefficient (Wildman–Crippen LogP) is 0.504. The van der Waals surface area contributed by atoms with Crippen LogP contribution in [0.4, 0.5) is 4.39 Å². The van der Waals surface area contributed by atoms with Gasteiger partial charge in [0.1, 0.15) is 42.2 Å². The Morgan fingerprint density at radius 2 is 2.31 bits per heavy atom. The number of allylic oxidation sites excluding steroid dienone is 4. The van der Waals surface area contributed by atoms with Gasteiger partial charge in [0.25, 0.3) is 0 Å². The standard InChI is InChI=1S/C18H24FN5O4S/c1-2-20-18-21-14-16(26)15(25)13(28-17(14)29-18)8-24-7-11(22-23-24)9-27-12-5-3-4-10(19)6-12/h3-5,7,10,13-17,25-26H,2,6,8-9H2,1H3,(H,20,21)/t10?,13-,14-,15-,16-,17-/m1/s1. The molecule has 3 N–H and O–H groups in total. The molecule has 1 aromatic heterocycles. The lowest BCUT2D eigenvalue weighted by Crippen LogP contribution is -2.59. The van der Waals surface area contributed by atoms with Gasteiger partial charge in [0, 0.05) is 13.0 Å².